The topological polar surface area (TPSA) is 70.2 Å². The van der Waals surface area contributed by atoms with Gasteiger partial charge in [0.1, 0.15) is 6.04 Å². The van der Waals surface area contributed by atoms with Gasteiger partial charge in [-0.25, -0.2) is 4.79 Å². The second-order valence-electron chi connectivity index (χ2n) is 4.08. The number of likely N-dealkylation sites (N-methyl/N-ethyl adjacent to an activating group) is 1. The van der Waals surface area contributed by atoms with Crippen molar-refractivity contribution in [1.29, 1.82) is 0 Å². The predicted octanol–water partition coefficient (Wildman–Crippen LogP) is 1.64. The molecule has 3 N–H and O–H groups in total. The van der Waals surface area contributed by atoms with E-state index in [0.717, 1.165) is 5.56 Å². The fourth-order valence-corrected chi connectivity index (χ4v) is 1.48. The van der Waals surface area contributed by atoms with Crippen LogP contribution in [-0.2, 0) is 4.79 Å². The first-order chi connectivity index (χ1) is 8.52. The minimum absolute atomic E-state index is 0.197. The molecular formula is C13H19N3O2. The maximum Gasteiger partial charge on any atom is 0.319 e. The molecule has 0 aliphatic rings. The first kappa shape index (κ1) is 14.0. The summed E-state index contributed by atoms with van der Waals surface area (Å²) in [7, 11) is 0. The Labute approximate surface area is 107 Å². The van der Waals surface area contributed by atoms with Gasteiger partial charge in [0.15, 0.2) is 0 Å². The number of amides is 3. The second kappa shape index (κ2) is 6.64. The molecule has 0 unspecified atom stereocenters. The van der Waals surface area contributed by atoms with E-state index >= 15 is 0 Å². The fraction of sp³-hybridized carbons (Fsp3) is 0.385. The quantitative estimate of drug-likeness (QED) is 0.759. The Morgan fingerprint density at radius 3 is 2.67 bits per heavy atom. The van der Waals surface area contributed by atoms with Crippen LogP contribution in [0.3, 0.4) is 0 Å². The normalized spacial score (nSPS) is 11.5. The zero-order valence-corrected chi connectivity index (χ0v) is 10.9. The van der Waals surface area contributed by atoms with E-state index in [4.69, 9.17) is 0 Å². The third kappa shape index (κ3) is 4.45. The molecule has 1 rings (SSSR count). The average molecular weight is 249 g/mol. The summed E-state index contributed by atoms with van der Waals surface area (Å²) >= 11 is 0. The highest BCUT2D eigenvalue weighted by Gasteiger charge is 2.14. The number of carbonyl (C=O) groups is 2. The highest BCUT2D eigenvalue weighted by Crippen LogP contribution is 2.08. The Hall–Kier alpha value is -2.04. The molecule has 0 aromatic heterocycles. The minimum atomic E-state index is -0.560. The van der Waals surface area contributed by atoms with E-state index < -0.39 is 6.04 Å². The highest BCUT2D eigenvalue weighted by atomic mass is 16.2. The molecule has 18 heavy (non-hydrogen) atoms. The standard InChI is InChI=1S/C13H19N3O2/c1-4-14-12(17)10(3)15-13(18)16-11-7-5-6-9(2)8-11/h5-8,10H,4H2,1-3H3,(H,14,17)(H2,15,16,18)/t10-/m1/s1. The molecule has 1 aromatic rings. The molecule has 0 radical (unpaired) electrons. The van der Waals surface area contributed by atoms with Crippen molar-refractivity contribution in [2.75, 3.05) is 11.9 Å². The lowest BCUT2D eigenvalue weighted by molar-refractivity contribution is -0.122. The van der Waals surface area contributed by atoms with E-state index in [0.29, 0.717) is 12.2 Å². The number of urea groups is 1. The Morgan fingerprint density at radius 2 is 2.06 bits per heavy atom. The summed E-state index contributed by atoms with van der Waals surface area (Å²) < 4.78 is 0. The first-order valence-corrected chi connectivity index (χ1v) is 5.94. The van der Waals surface area contributed by atoms with Gasteiger partial charge < -0.3 is 16.0 Å². The molecule has 0 spiro atoms. The number of nitrogens with one attached hydrogen (secondary N) is 3. The summed E-state index contributed by atoms with van der Waals surface area (Å²) in [5.41, 5.74) is 1.76. The number of carbonyl (C=O) groups excluding carboxylic acids is 2. The van der Waals surface area contributed by atoms with Crippen LogP contribution in [0.5, 0.6) is 0 Å². The zero-order valence-electron chi connectivity index (χ0n) is 10.9. The maximum absolute atomic E-state index is 11.6. The molecule has 0 fully saturated rings. The van der Waals surface area contributed by atoms with Crippen molar-refractivity contribution >= 4 is 17.6 Å². The van der Waals surface area contributed by atoms with Gasteiger partial charge in [-0.3, -0.25) is 4.79 Å². The van der Waals surface area contributed by atoms with Crippen LogP contribution in [0, 0.1) is 6.92 Å². The monoisotopic (exact) mass is 249 g/mol. The Kier molecular flexibility index (Phi) is 5.17. The molecule has 0 bridgehead atoms. The second-order valence-corrected chi connectivity index (χ2v) is 4.08. The summed E-state index contributed by atoms with van der Waals surface area (Å²) in [6.07, 6.45) is 0. The van der Waals surface area contributed by atoms with Crippen LogP contribution in [0.25, 0.3) is 0 Å². The number of anilines is 1. The summed E-state index contributed by atoms with van der Waals surface area (Å²) in [6.45, 7) is 5.96. The van der Waals surface area contributed by atoms with Gasteiger partial charge >= 0.3 is 6.03 Å². The van der Waals surface area contributed by atoms with E-state index in [1.807, 2.05) is 32.0 Å². The largest absolute Gasteiger partial charge is 0.355 e. The summed E-state index contributed by atoms with van der Waals surface area (Å²) in [5.74, 6) is -0.197. The van der Waals surface area contributed by atoms with E-state index in [1.165, 1.54) is 0 Å². The van der Waals surface area contributed by atoms with Crippen LogP contribution in [0.1, 0.15) is 19.4 Å². The smallest absolute Gasteiger partial charge is 0.319 e. The van der Waals surface area contributed by atoms with Crippen molar-refractivity contribution in [3.8, 4) is 0 Å². The molecule has 98 valence electrons. The zero-order chi connectivity index (χ0) is 13.5. The SMILES string of the molecule is CCNC(=O)[C@@H](C)NC(=O)Nc1cccc(C)c1. The van der Waals surface area contributed by atoms with Crippen LogP contribution < -0.4 is 16.0 Å². The van der Waals surface area contributed by atoms with Gasteiger partial charge in [0.2, 0.25) is 5.91 Å². The van der Waals surface area contributed by atoms with Crippen molar-refractivity contribution in [3.63, 3.8) is 0 Å². The number of hydrogen-bond donors (Lipinski definition) is 3. The summed E-state index contributed by atoms with van der Waals surface area (Å²) in [5, 5.41) is 7.89. The van der Waals surface area contributed by atoms with Gasteiger partial charge in [-0.2, -0.15) is 0 Å². The maximum atomic E-state index is 11.6. The molecule has 1 atom stereocenters. The number of benzene rings is 1. The lowest BCUT2D eigenvalue weighted by Gasteiger charge is -2.14. The molecule has 0 saturated carbocycles. The summed E-state index contributed by atoms with van der Waals surface area (Å²) in [6, 6.07) is 6.51. The minimum Gasteiger partial charge on any atom is -0.355 e. The van der Waals surface area contributed by atoms with Gasteiger partial charge in [-0.1, -0.05) is 12.1 Å². The molecule has 0 heterocycles. The molecular weight excluding hydrogens is 230 g/mol. The molecule has 0 saturated heterocycles. The predicted molar refractivity (Wildman–Crippen MR) is 71.5 cm³/mol. The van der Waals surface area contributed by atoms with Crippen LogP contribution >= 0.6 is 0 Å². The van der Waals surface area contributed by atoms with E-state index in [1.54, 1.807) is 13.0 Å². The van der Waals surface area contributed by atoms with Crippen molar-refractivity contribution in [1.82, 2.24) is 10.6 Å². The Bertz CT molecular complexity index is 432. The molecule has 0 aliphatic carbocycles. The molecule has 1 aromatic carbocycles. The Balaban J connectivity index is 2.49. The van der Waals surface area contributed by atoms with E-state index in [2.05, 4.69) is 16.0 Å². The third-order valence-corrected chi connectivity index (χ3v) is 2.37. The van der Waals surface area contributed by atoms with Crippen molar-refractivity contribution in [2.45, 2.75) is 26.8 Å². The van der Waals surface area contributed by atoms with Crippen LogP contribution in [0.4, 0.5) is 10.5 Å². The number of rotatable bonds is 4. The molecule has 3 amide bonds. The van der Waals surface area contributed by atoms with Crippen LogP contribution in [0.2, 0.25) is 0 Å². The molecule has 0 aliphatic heterocycles. The molecule has 5 heteroatoms. The number of hydrogen-bond acceptors (Lipinski definition) is 2. The van der Waals surface area contributed by atoms with Crippen molar-refractivity contribution < 1.29 is 9.59 Å². The van der Waals surface area contributed by atoms with Crippen LogP contribution in [0.15, 0.2) is 24.3 Å². The summed E-state index contributed by atoms with van der Waals surface area (Å²) in [4.78, 5) is 23.1. The fourth-order valence-electron chi connectivity index (χ4n) is 1.48. The van der Waals surface area contributed by atoms with Gasteiger partial charge in [0.25, 0.3) is 0 Å². The lowest BCUT2D eigenvalue weighted by Crippen LogP contribution is -2.46. The van der Waals surface area contributed by atoms with Crippen LogP contribution in [-0.4, -0.2) is 24.5 Å². The van der Waals surface area contributed by atoms with Gasteiger partial charge in [0.05, 0.1) is 0 Å². The van der Waals surface area contributed by atoms with E-state index in [9.17, 15) is 9.59 Å². The highest BCUT2D eigenvalue weighted by molar-refractivity contribution is 5.93. The van der Waals surface area contributed by atoms with E-state index in [-0.39, 0.29) is 11.9 Å². The van der Waals surface area contributed by atoms with Crippen molar-refractivity contribution in [2.24, 2.45) is 0 Å². The molecule has 5 nitrogen and oxygen atoms in total. The van der Waals surface area contributed by atoms with Gasteiger partial charge in [-0.05, 0) is 38.5 Å². The van der Waals surface area contributed by atoms with Gasteiger partial charge in [-0.15, -0.1) is 0 Å². The Morgan fingerprint density at radius 1 is 1.33 bits per heavy atom. The third-order valence-electron chi connectivity index (χ3n) is 2.37. The first-order valence-electron chi connectivity index (χ1n) is 5.94. The lowest BCUT2D eigenvalue weighted by atomic mass is 10.2. The van der Waals surface area contributed by atoms with Crippen molar-refractivity contribution in [3.05, 3.63) is 29.8 Å². The number of aryl methyl sites for hydroxylation is 1. The average Bonchev–Trinajstić information content (AvgIpc) is 2.28. The van der Waals surface area contributed by atoms with Gasteiger partial charge in [0, 0.05) is 12.2 Å².